The van der Waals surface area contributed by atoms with Crippen LogP contribution in [-0.2, 0) is 9.59 Å². The highest BCUT2D eigenvalue weighted by Gasteiger charge is 2.24. The Hall–Kier alpha value is -5.51. The number of aryl methyl sites for hydroxylation is 1. The lowest BCUT2D eigenvalue weighted by atomic mass is 10.1. The van der Waals surface area contributed by atoms with Crippen molar-refractivity contribution in [3.63, 3.8) is 0 Å². The molecule has 5 aromatic carbocycles. The molecule has 3 N–H and O–H groups in total. The standard InChI is InChI=1S/C39H34ClN3O5S/c1-25-17-19-26(20-18-25)21-33(43-37(44)28-13-8-5-9-14-28)38(45)41-29-15-10-16-30(22-29)49-36(27-11-6-4-7-12-27)39(46)42-32-23-31(40)34(47-2)24-35(32)48-3/h4-24,36H,1-3H3,(H,41,45)(H,42,46)(H,43,44)/b33-21+. The molecule has 0 bridgehead atoms. The Morgan fingerprint density at radius 2 is 1.43 bits per heavy atom. The van der Waals surface area contributed by atoms with Crippen molar-refractivity contribution in [2.75, 3.05) is 24.9 Å². The number of carbonyl (C=O) groups excluding carboxylic acids is 3. The summed E-state index contributed by atoms with van der Waals surface area (Å²) in [5.41, 5.74) is 3.96. The molecule has 8 nitrogen and oxygen atoms in total. The Balaban J connectivity index is 1.39. The molecule has 5 aromatic rings. The number of thioether (sulfide) groups is 1. The zero-order valence-electron chi connectivity index (χ0n) is 27.0. The van der Waals surface area contributed by atoms with Gasteiger partial charge < -0.3 is 25.4 Å². The fraction of sp³-hybridized carbons (Fsp3) is 0.103. The number of rotatable bonds is 12. The van der Waals surface area contributed by atoms with Crippen molar-refractivity contribution in [2.45, 2.75) is 17.1 Å². The molecule has 0 saturated heterocycles. The molecule has 5 rings (SSSR count). The first-order valence-corrected chi connectivity index (χ1v) is 16.5. The maximum Gasteiger partial charge on any atom is 0.272 e. The fourth-order valence-corrected chi connectivity index (χ4v) is 6.13. The molecule has 0 aliphatic heterocycles. The van der Waals surface area contributed by atoms with Crippen molar-refractivity contribution in [3.8, 4) is 11.5 Å². The van der Waals surface area contributed by atoms with Gasteiger partial charge in [-0.2, -0.15) is 0 Å². The molecule has 0 aliphatic carbocycles. The van der Waals surface area contributed by atoms with Crippen molar-refractivity contribution in [1.82, 2.24) is 5.32 Å². The van der Waals surface area contributed by atoms with E-state index in [2.05, 4.69) is 16.0 Å². The van der Waals surface area contributed by atoms with Gasteiger partial charge in [-0.3, -0.25) is 14.4 Å². The van der Waals surface area contributed by atoms with Gasteiger partial charge in [0.15, 0.2) is 0 Å². The molecular formula is C39H34ClN3O5S. The van der Waals surface area contributed by atoms with Crippen molar-refractivity contribution >= 4 is 58.5 Å². The van der Waals surface area contributed by atoms with Gasteiger partial charge in [0, 0.05) is 22.2 Å². The van der Waals surface area contributed by atoms with Crippen LogP contribution in [-0.4, -0.2) is 31.9 Å². The highest BCUT2D eigenvalue weighted by molar-refractivity contribution is 8.00. The molecular weight excluding hydrogens is 658 g/mol. The van der Waals surface area contributed by atoms with Crippen LogP contribution >= 0.6 is 23.4 Å². The number of hydrogen-bond donors (Lipinski definition) is 3. The van der Waals surface area contributed by atoms with E-state index in [1.54, 1.807) is 60.7 Å². The maximum atomic E-state index is 13.8. The number of carbonyl (C=O) groups is 3. The molecule has 248 valence electrons. The quantitative estimate of drug-likeness (QED) is 0.0895. The molecule has 10 heteroatoms. The number of methoxy groups -OCH3 is 2. The van der Waals surface area contributed by atoms with Crippen LogP contribution in [0.5, 0.6) is 11.5 Å². The van der Waals surface area contributed by atoms with E-state index in [1.165, 1.54) is 26.0 Å². The fourth-order valence-electron chi connectivity index (χ4n) is 4.81. The van der Waals surface area contributed by atoms with Crippen LogP contribution in [0.25, 0.3) is 6.08 Å². The van der Waals surface area contributed by atoms with E-state index in [9.17, 15) is 14.4 Å². The van der Waals surface area contributed by atoms with Crippen molar-refractivity contribution in [3.05, 3.63) is 154 Å². The second kappa shape index (κ2) is 16.5. The second-order valence-electron chi connectivity index (χ2n) is 10.9. The molecule has 0 radical (unpaired) electrons. The van der Waals surface area contributed by atoms with E-state index in [-0.39, 0.29) is 11.6 Å². The Morgan fingerprint density at radius 1 is 0.755 bits per heavy atom. The van der Waals surface area contributed by atoms with Crippen LogP contribution in [0, 0.1) is 6.92 Å². The van der Waals surface area contributed by atoms with E-state index < -0.39 is 17.1 Å². The summed E-state index contributed by atoms with van der Waals surface area (Å²) in [6, 6.07) is 36.0. The summed E-state index contributed by atoms with van der Waals surface area (Å²) in [6.45, 7) is 1.97. The smallest absolute Gasteiger partial charge is 0.272 e. The SMILES string of the molecule is COc1cc(OC)c(NC(=O)C(Sc2cccc(NC(=O)/C(=C\c3ccc(C)cc3)NC(=O)c3ccccc3)c2)c2ccccc2)cc1Cl. The van der Waals surface area contributed by atoms with Gasteiger partial charge in [-0.1, -0.05) is 96.0 Å². The predicted molar refractivity (Wildman–Crippen MR) is 196 cm³/mol. The van der Waals surface area contributed by atoms with Crippen LogP contribution in [0.4, 0.5) is 11.4 Å². The number of hydrogen-bond acceptors (Lipinski definition) is 6. The number of ether oxygens (including phenoxy) is 2. The van der Waals surface area contributed by atoms with Gasteiger partial charge in [-0.05, 0) is 60.5 Å². The summed E-state index contributed by atoms with van der Waals surface area (Å²) < 4.78 is 10.8. The maximum absolute atomic E-state index is 13.8. The van der Waals surface area contributed by atoms with Gasteiger partial charge in [0.1, 0.15) is 22.4 Å². The number of halogens is 1. The van der Waals surface area contributed by atoms with Crippen LogP contribution in [0.15, 0.2) is 132 Å². The Bertz CT molecular complexity index is 1970. The van der Waals surface area contributed by atoms with E-state index in [0.717, 1.165) is 21.6 Å². The normalized spacial score (nSPS) is 11.6. The zero-order valence-corrected chi connectivity index (χ0v) is 28.6. The average molecular weight is 692 g/mol. The minimum atomic E-state index is -0.681. The molecule has 1 unspecified atom stereocenters. The Labute approximate surface area is 294 Å². The summed E-state index contributed by atoms with van der Waals surface area (Å²) in [6.07, 6.45) is 1.63. The third-order valence-electron chi connectivity index (χ3n) is 7.34. The number of anilines is 2. The van der Waals surface area contributed by atoms with Crippen LogP contribution < -0.4 is 25.4 Å². The number of nitrogens with one attached hydrogen (secondary N) is 3. The molecule has 0 fully saturated rings. The van der Waals surface area contributed by atoms with Gasteiger partial charge in [0.05, 0.1) is 24.9 Å². The highest BCUT2D eigenvalue weighted by atomic mass is 35.5. The summed E-state index contributed by atoms with van der Waals surface area (Å²) >= 11 is 7.67. The topological polar surface area (TPSA) is 106 Å². The monoisotopic (exact) mass is 691 g/mol. The minimum Gasteiger partial charge on any atom is -0.495 e. The Kier molecular flexibility index (Phi) is 11.8. The molecule has 0 aromatic heterocycles. The lowest BCUT2D eigenvalue weighted by molar-refractivity contribution is -0.116. The van der Waals surface area contributed by atoms with Crippen LogP contribution in [0.2, 0.25) is 5.02 Å². The van der Waals surface area contributed by atoms with Gasteiger partial charge in [0.2, 0.25) is 5.91 Å². The number of benzene rings is 5. The molecule has 0 spiro atoms. The van der Waals surface area contributed by atoms with Crippen molar-refractivity contribution in [1.29, 1.82) is 0 Å². The Morgan fingerprint density at radius 3 is 2.10 bits per heavy atom. The summed E-state index contributed by atoms with van der Waals surface area (Å²) in [5, 5.41) is 8.26. The molecule has 0 heterocycles. The predicted octanol–water partition coefficient (Wildman–Crippen LogP) is 8.55. The largest absolute Gasteiger partial charge is 0.495 e. The van der Waals surface area contributed by atoms with E-state index in [4.69, 9.17) is 21.1 Å². The minimum absolute atomic E-state index is 0.0735. The number of amides is 3. The average Bonchev–Trinajstić information content (AvgIpc) is 3.12. The summed E-state index contributed by atoms with van der Waals surface area (Å²) in [5.74, 6) is -0.416. The highest BCUT2D eigenvalue weighted by Crippen LogP contribution is 2.40. The van der Waals surface area contributed by atoms with Crippen molar-refractivity contribution < 1.29 is 23.9 Å². The second-order valence-corrected chi connectivity index (χ2v) is 12.4. The molecule has 0 aliphatic rings. The lowest BCUT2D eigenvalue weighted by Crippen LogP contribution is -2.30. The zero-order chi connectivity index (χ0) is 34.8. The molecule has 1 atom stereocenters. The summed E-state index contributed by atoms with van der Waals surface area (Å²) in [4.78, 5) is 41.3. The first kappa shape index (κ1) is 34.8. The summed E-state index contributed by atoms with van der Waals surface area (Å²) in [7, 11) is 3.00. The third kappa shape index (κ3) is 9.31. The first-order chi connectivity index (χ1) is 23.7. The van der Waals surface area contributed by atoms with E-state index >= 15 is 0 Å². The van der Waals surface area contributed by atoms with Crippen molar-refractivity contribution in [2.24, 2.45) is 0 Å². The van der Waals surface area contributed by atoms with Gasteiger partial charge in [-0.15, -0.1) is 11.8 Å². The lowest BCUT2D eigenvalue weighted by Gasteiger charge is -2.19. The first-order valence-electron chi connectivity index (χ1n) is 15.2. The van der Waals surface area contributed by atoms with Crippen LogP contribution in [0.1, 0.15) is 32.3 Å². The van der Waals surface area contributed by atoms with E-state index in [1.807, 2.05) is 73.7 Å². The van der Waals surface area contributed by atoms with Gasteiger partial charge in [0.25, 0.3) is 11.8 Å². The molecule has 3 amide bonds. The van der Waals surface area contributed by atoms with Gasteiger partial charge >= 0.3 is 0 Å². The van der Waals surface area contributed by atoms with Crippen LogP contribution in [0.3, 0.4) is 0 Å². The third-order valence-corrected chi connectivity index (χ3v) is 8.88. The molecule has 49 heavy (non-hydrogen) atoms. The van der Waals surface area contributed by atoms with E-state index in [0.29, 0.717) is 33.5 Å². The van der Waals surface area contributed by atoms with Gasteiger partial charge in [-0.25, -0.2) is 0 Å². The molecule has 0 saturated carbocycles.